The van der Waals surface area contributed by atoms with Crippen LogP contribution in [0.4, 0.5) is 20.7 Å². The highest BCUT2D eigenvalue weighted by Gasteiger charge is 2.40. The van der Waals surface area contributed by atoms with Crippen LogP contribution in [0.15, 0.2) is 90.0 Å². The van der Waals surface area contributed by atoms with Gasteiger partial charge in [-0.15, -0.1) is 0 Å². The molecule has 2 aromatic carbocycles. The number of urea groups is 1. The topological polar surface area (TPSA) is 115 Å². The summed E-state index contributed by atoms with van der Waals surface area (Å²) in [7, 11) is 1.49. The Balaban J connectivity index is 1.31. The second kappa shape index (κ2) is 12.2. The lowest BCUT2D eigenvalue weighted by Crippen LogP contribution is -2.45. The van der Waals surface area contributed by atoms with Crippen LogP contribution in [-0.2, 0) is 9.53 Å². The summed E-state index contributed by atoms with van der Waals surface area (Å²) in [4.78, 5) is 44.5. The monoisotopic (exact) mass is 577 g/mol. The number of likely N-dealkylation sites (tertiary alicyclic amines) is 1. The van der Waals surface area contributed by atoms with Crippen LogP contribution < -0.4 is 20.9 Å². The summed E-state index contributed by atoms with van der Waals surface area (Å²) >= 11 is 5.85. The Labute approximate surface area is 239 Å². The van der Waals surface area contributed by atoms with E-state index in [0.29, 0.717) is 10.8 Å². The van der Waals surface area contributed by atoms with Gasteiger partial charge < -0.3 is 19.7 Å². The van der Waals surface area contributed by atoms with Gasteiger partial charge in [0.05, 0.1) is 22.5 Å². The maximum Gasteiger partial charge on any atom is 0.323 e. The van der Waals surface area contributed by atoms with Crippen molar-refractivity contribution in [1.82, 2.24) is 14.5 Å². The number of ether oxygens (including phenoxy) is 2. The molecule has 0 bridgehead atoms. The number of nitrogens with zero attached hydrogens (tertiary/aromatic N) is 3. The van der Waals surface area contributed by atoms with Crippen molar-refractivity contribution < 1.29 is 23.5 Å². The van der Waals surface area contributed by atoms with Gasteiger partial charge in [-0.3, -0.25) is 19.5 Å². The Morgan fingerprint density at radius 3 is 2.56 bits per heavy atom. The molecule has 5 rings (SSSR count). The van der Waals surface area contributed by atoms with Crippen LogP contribution in [0.5, 0.6) is 11.5 Å². The molecule has 0 spiro atoms. The van der Waals surface area contributed by atoms with E-state index in [-0.39, 0.29) is 42.0 Å². The number of anilines is 2. The van der Waals surface area contributed by atoms with Gasteiger partial charge >= 0.3 is 6.03 Å². The summed E-state index contributed by atoms with van der Waals surface area (Å²) in [5.41, 5.74) is -0.356. The zero-order valence-electron chi connectivity index (χ0n) is 21.8. The maximum absolute atomic E-state index is 15.2. The molecule has 0 radical (unpaired) electrons. The number of para-hydroxylation sites is 1. The highest BCUT2D eigenvalue weighted by molar-refractivity contribution is 6.30. The predicted octanol–water partition coefficient (Wildman–Crippen LogP) is 5.08. The number of nitrogens with one attached hydrogen (secondary N) is 2. The Morgan fingerprint density at radius 1 is 1.05 bits per heavy atom. The first kappa shape index (κ1) is 27.8. The van der Waals surface area contributed by atoms with Crippen LogP contribution in [-0.4, -0.2) is 52.2 Å². The SMILES string of the molecule is CO[C@@H]1C[C@H](C(=O)Nc2ccc(-n3cccc(Oc4ccccc4)c3=O)cc2F)N(C(=O)Nc2ccc(Cl)cn2)C1. The predicted molar refractivity (Wildman–Crippen MR) is 151 cm³/mol. The lowest BCUT2D eigenvalue weighted by molar-refractivity contribution is -0.119. The molecular formula is C29H25ClFN5O5. The van der Waals surface area contributed by atoms with Crippen molar-refractivity contribution in [3.8, 4) is 17.2 Å². The quantitative estimate of drug-likeness (QED) is 0.317. The molecule has 2 aromatic heterocycles. The number of rotatable bonds is 7. The van der Waals surface area contributed by atoms with E-state index in [1.807, 2.05) is 6.07 Å². The number of halogens is 2. The van der Waals surface area contributed by atoms with E-state index >= 15 is 4.39 Å². The van der Waals surface area contributed by atoms with Crippen LogP contribution in [0.1, 0.15) is 6.42 Å². The Morgan fingerprint density at radius 2 is 1.85 bits per heavy atom. The molecule has 2 atom stereocenters. The summed E-state index contributed by atoms with van der Waals surface area (Å²) < 4.78 is 27.5. The van der Waals surface area contributed by atoms with Gasteiger partial charge in [0.25, 0.3) is 5.56 Å². The van der Waals surface area contributed by atoms with Gasteiger partial charge in [-0.25, -0.2) is 14.2 Å². The van der Waals surface area contributed by atoms with Crippen molar-refractivity contribution in [2.45, 2.75) is 18.6 Å². The Hall–Kier alpha value is -4.74. The largest absolute Gasteiger partial charge is 0.452 e. The number of pyridine rings is 2. The van der Waals surface area contributed by atoms with Gasteiger partial charge in [-0.05, 0) is 48.5 Å². The lowest BCUT2D eigenvalue weighted by atomic mass is 10.1. The van der Waals surface area contributed by atoms with E-state index in [0.717, 1.165) is 6.07 Å². The van der Waals surface area contributed by atoms with Gasteiger partial charge in [0.2, 0.25) is 5.91 Å². The maximum atomic E-state index is 15.2. The fraction of sp³-hybridized carbons (Fsp3) is 0.172. The number of aromatic nitrogens is 2. The van der Waals surface area contributed by atoms with E-state index in [1.165, 1.54) is 53.2 Å². The summed E-state index contributed by atoms with van der Waals surface area (Å²) in [5, 5.41) is 5.59. The number of amides is 3. The van der Waals surface area contributed by atoms with Crippen LogP contribution in [0.2, 0.25) is 5.02 Å². The third-order valence-corrected chi connectivity index (χ3v) is 6.72. The highest BCUT2D eigenvalue weighted by Crippen LogP contribution is 2.25. The number of carbonyl (C=O) groups excluding carboxylic acids is 2. The minimum atomic E-state index is -0.930. The minimum absolute atomic E-state index is 0.0672. The van der Waals surface area contributed by atoms with E-state index < -0.39 is 29.4 Å². The zero-order chi connectivity index (χ0) is 28.9. The molecule has 1 saturated heterocycles. The number of carbonyl (C=O) groups is 2. The standard InChI is InChI=1S/C29H25ClFN5O5/c1-40-21-15-24(36(17-21)29(39)34-26-12-9-18(30)16-32-26)27(37)33-23-11-10-19(14-22(23)31)35-13-5-8-25(28(35)38)41-20-6-3-2-4-7-20/h2-14,16,21,24H,15,17H2,1H3,(H,33,37)(H,32,34,39)/t21-,24-/m1/s1. The molecule has 3 heterocycles. The molecule has 1 fully saturated rings. The second-order valence-electron chi connectivity index (χ2n) is 9.17. The average molecular weight is 578 g/mol. The fourth-order valence-corrected chi connectivity index (χ4v) is 4.53. The average Bonchev–Trinajstić information content (AvgIpc) is 3.42. The molecular weight excluding hydrogens is 553 g/mol. The molecule has 3 amide bonds. The van der Waals surface area contributed by atoms with Gasteiger partial charge in [0.1, 0.15) is 23.4 Å². The van der Waals surface area contributed by atoms with Crippen LogP contribution in [0, 0.1) is 5.82 Å². The minimum Gasteiger partial charge on any atom is -0.452 e. The normalized spacial score (nSPS) is 16.3. The van der Waals surface area contributed by atoms with Crippen molar-refractivity contribution in [1.29, 1.82) is 0 Å². The van der Waals surface area contributed by atoms with Gasteiger partial charge in [-0.1, -0.05) is 29.8 Å². The Bertz CT molecular complexity index is 1620. The van der Waals surface area contributed by atoms with E-state index in [9.17, 15) is 14.4 Å². The summed E-state index contributed by atoms with van der Waals surface area (Å²) in [6.07, 6.45) is 2.70. The molecule has 10 nitrogen and oxygen atoms in total. The number of hydrogen-bond donors (Lipinski definition) is 2. The van der Waals surface area contributed by atoms with Crippen LogP contribution in [0.3, 0.4) is 0 Å². The van der Waals surface area contributed by atoms with Gasteiger partial charge in [0.15, 0.2) is 5.75 Å². The van der Waals surface area contributed by atoms with Crippen LogP contribution in [0.25, 0.3) is 5.69 Å². The molecule has 41 heavy (non-hydrogen) atoms. The molecule has 210 valence electrons. The molecule has 0 aliphatic carbocycles. The van der Waals surface area contributed by atoms with Crippen molar-refractivity contribution in [2.75, 3.05) is 24.3 Å². The van der Waals surface area contributed by atoms with Crippen molar-refractivity contribution >= 4 is 35.0 Å². The molecule has 2 N–H and O–H groups in total. The van der Waals surface area contributed by atoms with E-state index in [1.54, 1.807) is 36.4 Å². The third-order valence-electron chi connectivity index (χ3n) is 6.49. The first-order valence-corrected chi connectivity index (χ1v) is 13.0. The van der Waals surface area contributed by atoms with Gasteiger partial charge in [-0.2, -0.15) is 0 Å². The van der Waals surface area contributed by atoms with Gasteiger partial charge in [0, 0.05) is 38.5 Å². The number of hydrogen-bond acceptors (Lipinski definition) is 6. The molecule has 0 saturated carbocycles. The summed E-state index contributed by atoms with van der Waals surface area (Å²) in [6.45, 7) is 0.153. The lowest BCUT2D eigenvalue weighted by Gasteiger charge is -2.24. The fourth-order valence-electron chi connectivity index (χ4n) is 4.41. The van der Waals surface area contributed by atoms with E-state index in [2.05, 4.69) is 15.6 Å². The second-order valence-corrected chi connectivity index (χ2v) is 9.61. The third kappa shape index (κ3) is 6.37. The molecule has 1 aliphatic heterocycles. The zero-order valence-corrected chi connectivity index (χ0v) is 22.5. The number of methoxy groups -OCH3 is 1. The van der Waals surface area contributed by atoms with Crippen molar-refractivity contribution in [3.63, 3.8) is 0 Å². The first-order chi connectivity index (χ1) is 19.8. The summed E-state index contributed by atoms with van der Waals surface area (Å²) in [6, 6.07) is 17.5. The summed E-state index contributed by atoms with van der Waals surface area (Å²) in [5.74, 6) is -0.542. The van der Waals surface area contributed by atoms with E-state index in [4.69, 9.17) is 21.1 Å². The highest BCUT2D eigenvalue weighted by atomic mass is 35.5. The molecule has 12 heteroatoms. The Kier molecular flexibility index (Phi) is 8.27. The number of benzene rings is 2. The first-order valence-electron chi connectivity index (χ1n) is 12.6. The van der Waals surface area contributed by atoms with Crippen LogP contribution >= 0.6 is 11.6 Å². The smallest absolute Gasteiger partial charge is 0.323 e. The molecule has 1 aliphatic rings. The van der Waals surface area contributed by atoms with Crippen molar-refractivity contribution in [2.24, 2.45) is 0 Å². The molecule has 4 aromatic rings. The van der Waals surface area contributed by atoms with Crippen molar-refractivity contribution in [3.05, 3.63) is 106 Å². The molecule has 0 unspecified atom stereocenters.